The minimum absolute atomic E-state index is 0.0227. The molecule has 0 saturated carbocycles. The summed E-state index contributed by atoms with van der Waals surface area (Å²) in [5.41, 5.74) is 3.20. The highest BCUT2D eigenvalue weighted by Crippen LogP contribution is 2.27. The van der Waals surface area contributed by atoms with Crippen molar-refractivity contribution in [2.45, 2.75) is 39.5 Å². The van der Waals surface area contributed by atoms with E-state index in [1.54, 1.807) is 7.11 Å². The zero-order valence-electron chi connectivity index (χ0n) is 15.5. The van der Waals surface area contributed by atoms with Crippen molar-refractivity contribution in [1.29, 1.82) is 0 Å². The zero-order valence-corrected chi connectivity index (χ0v) is 15.5. The molecule has 0 heterocycles. The molecule has 1 N–H and O–H groups in total. The Morgan fingerprint density at radius 1 is 1.08 bits per heavy atom. The van der Waals surface area contributed by atoms with Gasteiger partial charge in [0.05, 0.1) is 13.7 Å². The van der Waals surface area contributed by atoms with Crippen LogP contribution in [0.1, 0.15) is 43.7 Å². The number of aryl methyl sites for hydroxylation is 1. The number of rotatable bonds is 8. The molecular weight excluding hydrogens is 314 g/mol. The summed E-state index contributed by atoms with van der Waals surface area (Å²) < 4.78 is 10.8. The predicted molar refractivity (Wildman–Crippen MR) is 102 cm³/mol. The molecule has 0 unspecified atom stereocenters. The Morgan fingerprint density at radius 2 is 1.76 bits per heavy atom. The molecule has 0 saturated heterocycles. The number of benzene rings is 2. The van der Waals surface area contributed by atoms with E-state index in [9.17, 15) is 4.79 Å². The fraction of sp³-hybridized carbons (Fsp3) is 0.381. The molecule has 0 atom stereocenters. The molecule has 0 aliphatic carbocycles. The summed E-state index contributed by atoms with van der Waals surface area (Å²) in [6.07, 6.45) is 1.10. The van der Waals surface area contributed by atoms with Gasteiger partial charge in [-0.3, -0.25) is 4.79 Å². The highest BCUT2D eigenvalue weighted by Gasteiger charge is 2.11. The molecule has 2 aromatic carbocycles. The van der Waals surface area contributed by atoms with Crippen molar-refractivity contribution < 1.29 is 14.3 Å². The Kier molecular flexibility index (Phi) is 6.87. The molecule has 4 nitrogen and oxygen atoms in total. The molecule has 0 bridgehead atoms. The van der Waals surface area contributed by atoms with Gasteiger partial charge in [-0.15, -0.1) is 0 Å². The molecule has 4 heteroatoms. The standard InChI is InChI=1S/C21H27NO3/c1-15(2)19-8-5-7-16(3)21(19)22-20(23)9-6-14-25-18-12-10-17(24-4)11-13-18/h5,7-8,10-13,15H,6,9,14H2,1-4H3,(H,22,23). The third kappa shape index (κ3) is 5.52. The summed E-state index contributed by atoms with van der Waals surface area (Å²) in [5.74, 6) is 1.97. The minimum Gasteiger partial charge on any atom is -0.497 e. The van der Waals surface area contributed by atoms with Gasteiger partial charge in [-0.25, -0.2) is 0 Å². The average Bonchev–Trinajstić information content (AvgIpc) is 2.60. The van der Waals surface area contributed by atoms with Gasteiger partial charge < -0.3 is 14.8 Å². The van der Waals surface area contributed by atoms with Crippen LogP contribution in [0, 0.1) is 6.92 Å². The van der Waals surface area contributed by atoms with Gasteiger partial charge in [0.25, 0.3) is 0 Å². The van der Waals surface area contributed by atoms with Crippen molar-refractivity contribution in [3.05, 3.63) is 53.6 Å². The Labute approximate surface area is 150 Å². The van der Waals surface area contributed by atoms with Gasteiger partial charge >= 0.3 is 0 Å². The number of para-hydroxylation sites is 1. The van der Waals surface area contributed by atoms with Gasteiger partial charge in [0, 0.05) is 12.1 Å². The Balaban J connectivity index is 1.81. The molecular formula is C21H27NO3. The number of hydrogen-bond donors (Lipinski definition) is 1. The summed E-state index contributed by atoms with van der Waals surface area (Å²) in [6.45, 7) is 6.79. The highest BCUT2D eigenvalue weighted by molar-refractivity contribution is 5.92. The quantitative estimate of drug-likeness (QED) is 0.693. The second-order valence-corrected chi connectivity index (χ2v) is 6.37. The molecule has 1 amide bonds. The first-order valence-electron chi connectivity index (χ1n) is 8.67. The molecule has 2 aromatic rings. The molecule has 0 aliphatic heterocycles. The van der Waals surface area contributed by atoms with Crippen molar-refractivity contribution in [3.8, 4) is 11.5 Å². The van der Waals surface area contributed by atoms with Crippen LogP contribution in [0.15, 0.2) is 42.5 Å². The van der Waals surface area contributed by atoms with Gasteiger partial charge in [0.2, 0.25) is 5.91 Å². The summed E-state index contributed by atoms with van der Waals surface area (Å²) in [5, 5.41) is 3.06. The smallest absolute Gasteiger partial charge is 0.224 e. The summed E-state index contributed by atoms with van der Waals surface area (Å²) >= 11 is 0. The van der Waals surface area contributed by atoms with Gasteiger partial charge in [0.1, 0.15) is 11.5 Å². The first-order chi connectivity index (χ1) is 12.0. The van der Waals surface area contributed by atoms with Crippen LogP contribution in [-0.2, 0) is 4.79 Å². The summed E-state index contributed by atoms with van der Waals surface area (Å²) in [4.78, 5) is 12.3. The van der Waals surface area contributed by atoms with Crippen LogP contribution in [0.3, 0.4) is 0 Å². The molecule has 2 rings (SSSR count). The lowest BCUT2D eigenvalue weighted by Crippen LogP contribution is -2.15. The van der Waals surface area contributed by atoms with Gasteiger partial charge in [-0.2, -0.15) is 0 Å². The topological polar surface area (TPSA) is 47.6 Å². The fourth-order valence-electron chi connectivity index (χ4n) is 2.64. The van der Waals surface area contributed by atoms with E-state index in [0.29, 0.717) is 25.4 Å². The second-order valence-electron chi connectivity index (χ2n) is 6.37. The maximum Gasteiger partial charge on any atom is 0.224 e. The van der Waals surface area contributed by atoms with Gasteiger partial charge in [-0.05, 0) is 54.7 Å². The van der Waals surface area contributed by atoms with E-state index in [1.807, 2.05) is 43.3 Å². The Hall–Kier alpha value is -2.49. The van der Waals surface area contributed by atoms with E-state index < -0.39 is 0 Å². The number of amides is 1. The number of anilines is 1. The molecule has 0 spiro atoms. The lowest BCUT2D eigenvalue weighted by atomic mass is 9.98. The van der Waals surface area contributed by atoms with E-state index in [-0.39, 0.29) is 5.91 Å². The van der Waals surface area contributed by atoms with E-state index in [0.717, 1.165) is 22.7 Å². The van der Waals surface area contributed by atoms with Crippen LogP contribution < -0.4 is 14.8 Å². The number of carbonyl (C=O) groups excluding carboxylic acids is 1. The number of carbonyl (C=O) groups is 1. The minimum atomic E-state index is 0.0227. The summed E-state index contributed by atoms with van der Waals surface area (Å²) in [7, 11) is 1.63. The number of ether oxygens (including phenoxy) is 2. The monoisotopic (exact) mass is 341 g/mol. The maximum absolute atomic E-state index is 12.3. The molecule has 0 fully saturated rings. The lowest BCUT2D eigenvalue weighted by Gasteiger charge is -2.16. The summed E-state index contributed by atoms with van der Waals surface area (Å²) in [6, 6.07) is 13.6. The second kappa shape index (κ2) is 9.11. The maximum atomic E-state index is 12.3. The zero-order chi connectivity index (χ0) is 18.2. The van der Waals surface area contributed by atoms with Crippen LogP contribution in [0.5, 0.6) is 11.5 Å². The normalized spacial score (nSPS) is 10.6. The predicted octanol–water partition coefficient (Wildman–Crippen LogP) is 4.92. The van der Waals surface area contributed by atoms with E-state index in [1.165, 1.54) is 5.56 Å². The SMILES string of the molecule is COc1ccc(OCCCC(=O)Nc2c(C)cccc2C(C)C)cc1. The molecule has 0 aromatic heterocycles. The van der Waals surface area contributed by atoms with E-state index in [2.05, 4.69) is 25.2 Å². The Bertz CT molecular complexity index is 693. The number of methoxy groups -OCH3 is 1. The first-order valence-corrected chi connectivity index (χ1v) is 8.67. The van der Waals surface area contributed by atoms with Gasteiger partial charge in [0.15, 0.2) is 0 Å². The van der Waals surface area contributed by atoms with Crippen molar-refractivity contribution in [2.24, 2.45) is 0 Å². The Morgan fingerprint density at radius 3 is 2.40 bits per heavy atom. The van der Waals surface area contributed by atoms with Crippen LogP contribution in [0.4, 0.5) is 5.69 Å². The molecule has 25 heavy (non-hydrogen) atoms. The van der Waals surface area contributed by atoms with Gasteiger partial charge in [-0.1, -0.05) is 32.0 Å². The number of hydrogen-bond acceptors (Lipinski definition) is 3. The third-order valence-corrected chi connectivity index (χ3v) is 4.07. The number of nitrogens with one attached hydrogen (secondary N) is 1. The van der Waals surface area contributed by atoms with Crippen molar-refractivity contribution in [1.82, 2.24) is 0 Å². The lowest BCUT2D eigenvalue weighted by molar-refractivity contribution is -0.116. The first kappa shape index (κ1) is 18.8. The molecule has 0 radical (unpaired) electrons. The fourth-order valence-corrected chi connectivity index (χ4v) is 2.64. The van der Waals surface area contributed by atoms with Crippen LogP contribution in [-0.4, -0.2) is 19.6 Å². The average molecular weight is 341 g/mol. The van der Waals surface area contributed by atoms with Crippen LogP contribution >= 0.6 is 0 Å². The van der Waals surface area contributed by atoms with Crippen molar-refractivity contribution in [3.63, 3.8) is 0 Å². The highest BCUT2D eigenvalue weighted by atomic mass is 16.5. The van der Waals surface area contributed by atoms with Crippen molar-refractivity contribution in [2.75, 3.05) is 19.0 Å². The third-order valence-electron chi connectivity index (χ3n) is 4.07. The van der Waals surface area contributed by atoms with E-state index in [4.69, 9.17) is 9.47 Å². The van der Waals surface area contributed by atoms with Crippen LogP contribution in [0.25, 0.3) is 0 Å². The molecule has 134 valence electrons. The largest absolute Gasteiger partial charge is 0.497 e. The van der Waals surface area contributed by atoms with Crippen molar-refractivity contribution >= 4 is 11.6 Å². The van der Waals surface area contributed by atoms with Crippen LogP contribution in [0.2, 0.25) is 0 Å². The molecule has 0 aliphatic rings. The van der Waals surface area contributed by atoms with E-state index >= 15 is 0 Å².